The Balaban J connectivity index is 2.10. The molecule has 0 saturated heterocycles. The second-order valence-electron chi connectivity index (χ2n) is 5.14. The van der Waals surface area contributed by atoms with E-state index >= 15 is 0 Å². The molecule has 2 aromatic heterocycles. The predicted molar refractivity (Wildman–Crippen MR) is 77.2 cm³/mol. The summed E-state index contributed by atoms with van der Waals surface area (Å²) in [6.07, 6.45) is 8.68. The minimum atomic E-state index is 0.187. The summed E-state index contributed by atoms with van der Waals surface area (Å²) in [4.78, 5) is 7.10. The van der Waals surface area contributed by atoms with E-state index in [2.05, 4.69) is 4.98 Å². The molecule has 2 aromatic rings. The van der Waals surface area contributed by atoms with E-state index in [0.29, 0.717) is 6.42 Å². The molecule has 0 radical (unpaired) electrons. The lowest BCUT2D eigenvalue weighted by atomic mass is 10.1. The Morgan fingerprint density at radius 1 is 1.32 bits per heavy atom. The molecule has 0 aliphatic heterocycles. The van der Waals surface area contributed by atoms with E-state index in [1.807, 2.05) is 10.9 Å². The van der Waals surface area contributed by atoms with Crippen LogP contribution in [0, 0.1) is 0 Å². The van der Waals surface area contributed by atoms with Crippen LogP contribution >= 0.6 is 11.3 Å². The average molecular weight is 278 g/mol. The molecule has 19 heavy (non-hydrogen) atoms. The molecule has 0 aromatic carbocycles. The summed E-state index contributed by atoms with van der Waals surface area (Å²) in [7, 11) is 0. The highest BCUT2D eigenvalue weighted by molar-refractivity contribution is 7.18. The second-order valence-corrected chi connectivity index (χ2v) is 6.23. The quantitative estimate of drug-likeness (QED) is 0.665. The number of nitrogens with zero attached hydrogens (tertiary/aromatic N) is 2. The van der Waals surface area contributed by atoms with Crippen LogP contribution < -0.4 is 10.3 Å². The Morgan fingerprint density at radius 2 is 2.16 bits per heavy atom. The molecule has 0 atom stereocenters. The number of aromatic nitrogens is 2. The number of aliphatic hydroxyl groups is 1. The van der Waals surface area contributed by atoms with Gasteiger partial charge in [0.05, 0.1) is 6.54 Å². The Hall–Kier alpha value is -1.20. The zero-order valence-corrected chi connectivity index (χ0v) is 11.9. The predicted octanol–water partition coefficient (Wildman–Crippen LogP) is 1.82. The highest BCUT2D eigenvalue weighted by Crippen LogP contribution is 2.36. The Kier molecular flexibility index (Phi) is 3.66. The third kappa shape index (κ3) is 2.32. The first-order valence-corrected chi connectivity index (χ1v) is 7.82. The zero-order chi connectivity index (χ0) is 13.2. The van der Waals surface area contributed by atoms with Crippen LogP contribution in [0.1, 0.15) is 36.1 Å². The van der Waals surface area contributed by atoms with Gasteiger partial charge in [0, 0.05) is 17.9 Å². The van der Waals surface area contributed by atoms with Gasteiger partial charge in [-0.15, -0.1) is 11.3 Å². The summed E-state index contributed by atoms with van der Waals surface area (Å²) in [6, 6.07) is 0. The molecule has 1 aliphatic carbocycles. The molecule has 0 saturated carbocycles. The lowest BCUT2D eigenvalue weighted by Gasteiger charge is -2.04. The van der Waals surface area contributed by atoms with Gasteiger partial charge in [0.1, 0.15) is 5.39 Å². The van der Waals surface area contributed by atoms with Crippen molar-refractivity contribution in [2.24, 2.45) is 0 Å². The normalized spacial score (nSPS) is 15.4. The third-order valence-corrected chi connectivity index (χ3v) is 5.04. The fourth-order valence-electron chi connectivity index (χ4n) is 2.83. The van der Waals surface area contributed by atoms with E-state index in [1.54, 1.807) is 11.3 Å². The summed E-state index contributed by atoms with van der Waals surface area (Å²) in [5.74, 6) is 0.817. The number of anilines is 1. The van der Waals surface area contributed by atoms with Gasteiger partial charge in [0.15, 0.2) is 0 Å². The maximum absolute atomic E-state index is 8.95. The van der Waals surface area contributed by atoms with Crippen LogP contribution in [0.5, 0.6) is 0 Å². The Morgan fingerprint density at radius 3 is 3.00 bits per heavy atom. The Labute approximate surface area is 116 Å². The highest BCUT2D eigenvalue weighted by Gasteiger charge is 2.22. The summed E-state index contributed by atoms with van der Waals surface area (Å²) in [5.41, 5.74) is 7.76. The molecule has 4 nitrogen and oxygen atoms in total. The molecule has 2 heterocycles. The minimum absolute atomic E-state index is 0.187. The van der Waals surface area contributed by atoms with Crippen LogP contribution in [0.2, 0.25) is 0 Å². The number of thiophene rings is 1. The topological polar surface area (TPSA) is 63.0 Å². The maximum atomic E-state index is 8.95. The van der Waals surface area contributed by atoms with Gasteiger partial charge in [-0.2, -0.15) is 0 Å². The lowest BCUT2D eigenvalue weighted by Crippen LogP contribution is -2.38. The SMILES string of the molecule is Nc1c2c3c(sc2nc[n+]1CCCO)CCCCC3. The standard InChI is InChI=1S/C14H19N3OS/c15-13-12-10-5-2-1-3-6-11(10)19-14(12)16-9-17(13)7-4-8-18/h9,15,18H,1-8H2/p+1. The number of aryl methyl sites for hydroxylation is 3. The van der Waals surface area contributed by atoms with Crippen molar-refractivity contribution in [3.8, 4) is 0 Å². The van der Waals surface area contributed by atoms with Gasteiger partial charge >= 0.3 is 0 Å². The lowest BCUT2D eigenvalue weighted by molar-refractivity contribution is -0.685. The van der Waals surface area contributed by atoms with Gasteiger partial charge in [-0.25, -0.2) is 4.57 Å². The van der Waals surface area contributed by atoms with E-state index in [9.17, 15) is 0 Å². The van der Waals surface area contributed by atoms with Crippen molar-refractivity contribution in [3.05, 3.63) is 16.8 Å². The van der Waals surface area contributed by atoms with Crippen LogP contribution in [0.3, 0.4) is 0 Å². The smallest absolute Gasteiger partial charge is 0.231 e. The van der Waals surface area contributed by atoms with Crippen LogP contribution in [0.25, 0.3) is 10.2 Å². The van der Waals surface area contributed by atoms with E-state index in [0.717, 1.165) is 23.6 Å². The third-order valence-electron chi connectivity index (χ3n) is 3.84. The summed E-state index contributed by atoms with van der Waals surface area (Å²) >= 11 is 1.81. The van der Waals surface area contributed by atoms with Crippen molar-refractivity contribution < 1.29 is 9.67 Å². The van der Waals surface area contributed by atoms with Crippen molar-refractivity contribution in [1.29, 1.82) is 0 Å². The molecule has 3 rings (SSSR count). The average Bonchev–Trinajstić information content (AvgIpc) is 2.61. The number of hydrogen-bond acceptors (Lipinski definition) is 4. The van der Waals surface area contributed by atoms with Crippen molar-refractivity contribution >= 4 is 27.4 Å². The number of nitrogen functional groups attached to an aromatic ring is 1. The van der Waals surface area contributed by atoms with Gasteiger partial charge in [0.2, 0.25) is 17.0 Å². The molecule has 0 fully saturated rings. The zero-order valence-electron chi connectivity index (χ0n) is 11.1. The minimum Gasteiger partial charge on any atom is -0.396 e. The fraction of sp³-hybridized carbons (Fsp3) is 0.571. The van der Waals surface area contributed by atoms with Crippen molar-refractivity contribution in [1.82, 2.24) is 4.98 Å². The number of fused-ring (bicyclic) bond motifs is 3. The van der Waals surface area contributed by atoms with E-state index in [-0.39, 0.29) is 6.61 Å². The molecular formula is C14H20N3OS+. The molecule has 102 valence electrons. The summed E-state index contributed by atoms with van der Waals surface area (Å²) in [6.45, 7) is 0.919. The molecule has 0 spiro atoms. The molecule has 0 bridgehead atoms. The number of nitrogens with two attached hydrogens (primary N) is 1. The molecule has 3 N–H and O–H groups in total. The van der Waals surface area contributed by atoms with E-state index in [1.165, 1.54) is 41.5 Å². The Bertz CT molecular complexity index is 594. The van der Waals surface area contributed by atoms with Gasteiger partial charge in [-0.1, -0.05) is 11.4 Å². The monoisotopic (exact) mass is 278 g/mol. The first-order valence-electron chi connectivity index (χ1n) is 7.00. The molecule has 5 heteroatoms. The largest absolute Gasteiger partial charge is 0.396 e. The first-order chi connectivity index (χ1) is 9.31. The highest BCUT2D eigenvalue weighted by atomic mass is 32.1. The maximum Gasteiger partial charge on any atom is 0.231 e. The van der Waals surface area contributed by atoms with Gasteiger partial charge in [-0.3, -0.25) is 0 Å². The van der Waals surface area contributed by atoms with Crippen LogP contribution in [-0.2, 0) is 19.4 Å². The van der Waals surface area contributed by atoms with Crippen LogP contribution in [-0.4, -0.2) is 16.7 Å². The number of rotatable bonds is 3. The van der Waals surface area contributed by atoms with Gasteiger partial charge in [0.25, 0.3) is 0 Å². The van der Waals surface area contributed by atoms with Crippen molar-refractivity contribution in [3.63, 3.8) is 0 Å². The molecule has 1 aliphatic rings. The van der Waals surface area contributed by atoms with E-state index in [4.69, 9.17) is 10.8 Å². The molecular weight excluding hydrogens is 258 g/mol. The van der Waals surface area contributed by atoms with Gasteiger partial charge < -0.3 is 10.8 Å². The van der Waals surface area contributed by atoms with Gasteiger partial charge in [-0.05, 0) is 31.2 Å². The fourth-order valence-corrected chi connectivity index (χ4v) is 4.07. The molecule has 0 amide bonds. The van der Waals surface area contributed by atoms with Crippen molar-refractivity contribution in [2.45, 2.75) is 45.1 Å². The van der Waals surface area contributed by atoms with Crippen molar-refractivity contribution in [2.75, 3.05) is 12.3 Å². The number of aliphatic hydroxyl groups excluding tert-OH is 1. The van der Waals surface area contributed by atoms with E-state index < -0.39 is 0 Å². The van der Waals surface area contributed by atoms with Crippen LogP contribution in [0.15, 0.2) is 6.33 Å². The summed E-state index contributed by atoms with van der Waals surface area (Å²) < 4.78 is 1.97. The first kappa shape index (κ1) is 12.8. The molecule has 0 unspecified atom stereocenters. The second kappa shape index (κ2) is 5.43. The number of hydrogen-bond donors (Lipinski definition) is 2. The van der Waals surface area contributed by atoms with Crippen LogP contribution in [0.4, 0.5) is 5.82 Å². The summed E-state index contributed by atoms with van der Waals surface area (Å²) in [5, 5.41) is 10.1.